The molecule has 3 fully saturated rings. The number of piperidine rings is 1. The molecule has 0 bridgehead atoms. The molecule has 1 aromatic carbocycles. The summed E-state index contributed by atoms with van der Waals surface area (Å²) in [7, 11) is 0. The van der Waals surface area contributed by atoms with Gasteiger partial charge in [-0.2, -0.15) is 23.4 Å². The van der Waals surface area contributed by atoms with Crippen molar-refractivity contribution in [3.63, 3.8) is 0 Å². The van der Waals surface area contributed by atoms with Gasteiger partial charge in [0.2, 0.25) is 0 Å². The molecular weight excluding hydrogens is 499 g/mol. The summed E-state index contributed by atoms with van der Waals surface area (Å²) in [6.45, 7) is 2.80. The van der Waals surface area contributed by atoms with Crippen molar-refractivity contribution in [3.05, 3.63) is 53.3 Å². The first kappa shape index (κ1) is 24.1. The van der Waals surface area contributed by atoms with Crippen molar-refractivity contribution >= 4 is 17.6 Å². The van der Waals surface area contributed by atoms with Crippen molar-refractivity contribution in [3.8, 4) is 23.1 Å². The molecular formula is C26H24F3N7O2. The number of primary amides is 1. The largest absolute Gasteiger partial charge is 0.416 e. The molecule has 1 saturated heterocycles. The van der Waals surface area contributed by atoms with Gasteiger partial charge in [-0.1, -0.05) is 24.1 Å². The fraction of sp³-hybridized carbons (Fsp3) is 0.385. The number of halogens is 3. The number of amides is 2. The molecule has 9 nitrogen and oxygen atoms in total. The minimum Gasteiger partial charge on any atom is -0.383 e. The zero-order valence-corrected chi connectivity index (χ0v) is 20.4. The van der Waals surface area contributed by atoms with Gasteiger partial charge in [-0.15, -0.1) is 0 Å². The van der Waals surface area contributed by atoms with E-state index in [1.54, 1.807) is 16.5 Å². The highest BCUT2D eigenvalue weighted by Crippen LogP contribution is 2.79. The maximum atomic E-state index is 13.4. The summed E-state index contributed by atoms with van der Waals surface area (Å²) in [5, 5.41) is 8.84. The van der Waals surface area contributed by atoms with Crippen LogP contribution in [0.25, 0.3) is 11.3 Å². The average molecular weight is 524 g/mol. The number of nitrogens with zero attached hydrogens (tertiary/aromatic N) is 5. The predicted molar refractivity (Wildman–Crippen MR) is 130 cm³/mol. The van der Waals surface area contributed by atoms with Gasteiger partial charge in [-0.25, -0.2) is 4.68 Å². The van der Waals surface area contributed by atoms with Crippen LogP contribution in [-0.4, -0.2) is 49.4 Å². The summed E-state index contributed by atoms with van der Waals surface area (Å²) < 4.78 is 43.2. The third-order valence-electron chi connectivity index (χ3n) is 8.22. The molecule has 0 radical (unpaired) electrons. The zero-order valence-electron chi connectivity index (χ0n) is 20.4. The molecule has 4 N–H and O–H groups in total. The molecule has 196 valence electrons. The lowest BCUT2D eigenvalue weighted by Gasteiger charge is -2.37. The number of anilines is 1. The highest BCUT2D eigenvalue weighted by molar-refractivity contribution is 6.03. The zero-order chi connectivity index (χ0) is 27.0. The van der Waals surface area contributed by atoms with Crippen LogP contribution in [0, 0.1) is 29.1 Å². The lowest BCUT2D eigenvalue weighted by Crippen LogP contribution is -2.40. The Morgan fingerprint density at radius 1 is 1.26 bits per heavy atom. The normalized spacial score (nSPS) is 25.2. The van der Waals surface area contributed by atoms with Crippen LogP contribution in [0.5, 0.6) is 0 Å². The van der Waals surface area contributed by atoms with E-state index in [9.17, 15) is 22.8 Å². The molecule has 2 aliphatic carbocycles. The summed E-state index contributed by atoms with van der Waals surface area (Å²) >= 11 is 0. The number of likely N-dealkylation sites (tertiary alicyclic amines) is 1. The van der Waals surface area contributed by atoms with Gasteiger partial charge in [0, 0.05) is 30.3 Å². The molecule has 1 aliphatic heterocycles. The summed E-state index contributed by atoms with van der Waals surface area (Å²) in [6.07, 6.45) is -0.768. The Labute approximate surface area is 215 Å². The molecule has 3 aliphatic rings. The number of aromatic nitrogens is 4. The van der Waals surface area contributed by atoms with Crippen LogP contribution < -0.4 is 11.5 Å². The minimum atomic E-state index is -4.49. The van der Waals surface area contributed by atoms with E-state index in [0.29, 0.717) is 30.5 Å². The number of alkyl halides is 3. The summed E-state index contributed by atoms with van der Waals surface area (Å²) in [5.74, 6) is 5.09. The molecule has 3 aromatic rings. The molecule has 2 saturated carbocycles. The van der Waals surface area contributed by atoms with Gasteiger partial charge in [0.25, 0.3) is 11.8 Å². The van der Waals surface area contributed by atoms with Gasteiger partial charge in [0.05, 0.1) is 24.3 Å². The molecule has 38 heavy (non-hydrogen) atoms. The van der Waals surface area contributed by atoms with Crippen LogP contribution in [0.2, 0.25) is 0 Å². The maximum Gasteiger partial charge on any atom is 0.416 e. The quantitative estimate of drug-likeness (QED) is 0.498. The topological polar surface area (TPSA) is 125 Å². The lowest BCUT2D eigenvalue weighted by molar-refractivity contribution is -0.138. The van der Waals surface area contributed by atoms with Crippen molar-refractivity contribution in [2.45, 2.75) is 32.1 Å². The first-order valence-corrected chi connectivity index (χ1v) is 12.1. The van der Waals surface area contributed by atoms with Crippen LogP contribution in [0.3, 0.4) is 0 Å². The third kappa shape index (κ3) is 3.48. The minimum absolute atomic E-state index is 0.0323. The van der Waals surface area contributed by atoms with Crippen LogP contribution in [-0.2, 0) is 17.5 Å². The summed E-state index contributed by atoms with van der Waals surface area (Å²) in [5.41, 5.74) is 12.1. The molecule has 2 amide bonds. The van der Waals surface area contributed by atoms with E-state index in [0.717, 1.165) is 12.5 Å². The molecule has 4 atom stereocenters. The SMILES string of the molecule is CC#CC(=O)N1CC2C3[C@H](n4nc(-c5cnn(Cc6ccccc6C(F)(F)F)c5)c(C(N)=O)c4N)C[C@]23C1. The van der Waals surface area contributed by atoms with E-state index < -0.39 is 17.6 Å². The number of benzene rings is 1. The van der Waals surface area contributed by atoms with E-state index in [1.807, 2.05) is 0 Å². The van der Waals surface area contributed by atoms with Crippen LogP contribution >= 0.6 is 0 Å². The Hall–Kier alpha value is -4.27. The van der Waals surface area contributed by atoms with Crippen molar-refractivity contribution < 1.29 is 22.8 Å². The Balaban J connectivity index is 1.25. The average Bonchev–Trinajstić information content (AvgIpc) is 3.34. The number of carbonyl (C=O) groups excluding carboxylic acids is 2. The van der Waals surface area contributed by atoms with Gasteiger partial charge < -0.3 is 16.4 Å². The monoisotopic (exact) mass is 523 g/mol. The Bertz CT molecular complexity index is 1550. The van der Waals surface area contributed by atoms with Gasteiger partial charge in [0.15, 0.2) is 0 Å². The van der Waals surface area contributed by atoms with Crippen molar-refractivity contribution in [2.75, 3.05) is 18.8 Å². The van der Waals surface area contributed by atoms with Crippen LogP contribution in [0.15, 0.2) is 36.7 Å². The molecule has 12 heteroatoms. The van der Waals surface area contributed by atoms with Crippen molar-refractivity contribution in [1.82, 2.24) is 24.5 Å². The van der Waals surface area contributed by atoms with Crippen LogP contribution in [0.4, 0.5) is 19.0 Å². The molecule has 3 heterocycles. The van der Waals surface area contributed by atoms with E-state index in [-0.39, 0.29) is 46.5 Å². The maximum absolute atomic E-state index is 13.4. The number of nitrogens with two attached hydrogens (primary N) is 2. The summed E-state index contributed by atoms with van der Waals surface area (Å²) in [4.78, 5) is 26.3. The van der Waals surface area contributed by atoms with Gasteiger partial charge in [0.1, 0.15) is 17.1 Å². The number of nitrogen functional groups attached to an aromatic ring is 1. The predicted octanol–water partition coefficient (Wildman–Crippen LogP) is 2.54. The van der Waals surface area contributed by atoms with Crippen molar-refractivity contribution in [2.24, 2.45) is 23.0 Å². The van der Waals surface area contributed by atoms with E-state index in [1.165, 1.54) is 35.3 Å². The summed E-state index contributed by atoms with van der Waals surface area (Å²) in [6, 6.07) is 5.26. The number of rotatable bonds is 5. The van der Waals surface area contributed by atoms with Crippen molar-refractivity contribution in [1.29, 1.82) is 0 Å². The molecule has 2 aromatic heterocycles. The number of hydrogen-bond donors (Lipinski definition) is 2. The van der Waals surface area contributed by atoms with Crippen LogP contribution in [0.1, 0.15) is 40.9 Å². The first-order chi connectivity index (χ1) is 18.0. The number of fused-ring (bicyclic) bond motifs is 1. The molecule has 6 rings (SSSR count). The second-order valence-corrected chi connectivity index (χ2v) is 10.2. The van der Waals surface area contributed by atoms with Gasteiger partial charge >= 0.3 is 6.18 Å². The van der Waals surface area contributed by atoms with E-state index in [4.69, 9.17) is 11.5 Å². The fourth-order valence-electron chi connectivity index (χ4n) is 6.55. The number of hydrogen-bond acceptors (Lipinski definition) is 5. The van der Waals surface area contributed by atoms with Gasteiger partial charge in [-0.05, 0) is 42.7 Å². The Morgan fingerprint density at radius 2 is 2.03 bits per heavy atom. The standard InChI is InChI=1S/C26H24F3N7O2/c1-2-5-19(37)34-12-17-21-18(8-25(17,21)13-34)36-23(30)20(24(31)38)22(33-36)15-9-32-35(11-15)10-14-6-3-4-7-16(14)26(27,28)29/h3-4,6-7,9,11,17-18,21H,8,10,12-13,30H2,1H3,(H2,31,38)/t17?,18-,21?,25+/m1/s1. The smallest absolute Gasteiger partial charge is 0.383 e. The Morgan fingerprint density at radius 3 is 2.71 bits per heavy atom. The number of carbonyl (C=O) groups is 2. The first-order valence-electron chi connectivity index (χ1n) is 12.1. The second-order valence-electron chi connectivity index (χ2n) is 10.2. The molecule has 2 unspecified atom stereocenters. The molecule has 1 spiro atoms. The van der Waals surface area contributed by atoms with E-state index >= 15 is 0 Å². The second kappa shape index (κ2) is 8.11. The Kier molecular flexibility index (Phi) is 5.14. The highest BCUT2D eigenvalue weighted by atomic mass is 19.4. The third-order valence-corrected chi connectivity index (χ3v) is 8.22. The lowest BCUT2D eigenvalue weighted by atomic mass is 9.80. The van der Waals surface area contributed by atoms with Gasteiger partial charge in [-0.3, -0.25) is 14.3 Å². The highest BCUT2D eigenvalue weighted by Gasteiger charge is 2.79. The van der Waals surface area contributed by atoms with E-state index in [2.05, 4.69) is 22.0 Å². The fourth-order valence-corrected chi connectivity index (χ4v) is 6.55.